The second kappa shape index (κ2) is 6.61. The number of aryl methyl sites for hydroxylation is 1. The summed E-state index contributed by atoms with van der Waals surface area (Å²) in [5.41, 5.74) is 2.21. The van der Waals surface area contributed by atoms with Gasteiger partial charge in [-0.1, -0.05) is 53.2 Å². The smallest absolute Gasteiger partial charge is 0.268 e. The van der Waals surface area contributed by atoms with Crippen molar-refractivity contribution < 1.29 is 4.79 Å². The Kier molecular flexibility index (Phi) is 4.73. The molecule has 0 N–H and O–H groups in total. The fourth-order valence-electron chi connectivity index (χ4n) is 2.09. The third-order valence-electron chi connectivity index (χ3n) is 3.14. The highest BCUT2D eigenvalue weighted by Gasteiger charge is 2.33. The molecule has 0 aliphatic carbocycles. The number of thioether (sulfide) groups is 1. The number of hydrogen-bond donors (Lipinski definition) is 0. The molecule has 0 spiro atoms. The number of benzene rings is 1. The molecule has 1 aliphatic heterocycles. The lowest BCUT2D eigenvalue weighted by Gasteiger charge is -2.15. The summed E-state index contributed by atoms with van der Waals surface area (Å²) in [6.07, 6.45) is 1.74. The van der Waals surface area contributed by atoms with Gasteiger partial charge in [0.1, 0.15) is 0 Å². The number of halogens is 2. The number of nitrogens with zero attached hydrogens (tertiary/aromatic N) is 2. The topological polar surface area (TPSA) is 33.2 Å². The zero-order valence-corrected chi connectivity index (χ0v) is 15.1. The fraction of sp³-hybridized carbons (Fsp3) is 0.0625. The molecule has 23 heavy (non-hydrogen) atoms. The van der Waals surface area contributed by atoms with Gasteiger partial charge in [-0.25, -0.2) is 0 Å². The molecule has 116 valence electrons. The van der Waals surface area contributed by atoms with Crippen LogP contribution in [0.4, 0.5) is 5.69 Å². The number of hydrogen-bond acceptors (Lipinski definition) is 4. The Morgan fingerprint density at radius 2 is 2.00 bits per heavy atom. The van der Waals surface area contributed by atoms with Gasteiger partial charge in [0.25, 0.3) is 5.91 Å². The lowest BCUT2D eigenvalue weighted by Crippen LogP contribution is -2.27. The van der Waals surface area contributed by atoms with E-state index in [2.05, 4.69) is 4.98 Å². The van der Waals surface area contributed by atoms with Crippen LogP contribution in [0.25, 0.3) is 6.08 Å². The number of thiocarbonyl (C=S) groups is 1. The van der Waals surface area contributed by atoms with Crippen molar-refractivity contribution in [2.24, 2.45) is 0 Å². The van der Waals surface area contributed by atoms with Gasteiger partial charge in [0.05, 0.1) is 26.3 Å². The Bertz CT molecular complexity index is 852. The number of pyridine rings is 1. The first kappa shape index (κ1) is 16.5. The van der Waals surface area contributed by atoms with Crippen molar-refractivity contribution in [2.45, 2.75) is 6.92 Å². The van der Waals surface area contributed by atoms with E-state index < -0.39 is 0 Å². The minimum Gasteiger partial charge on any atom is -0.268 e. The molecule has 1 amide bonds. The van der Waals surface area contributed by atoms with Crippen molar-refractivity contribution in [3.63, 3.8) is 0 Å². The second-order valence-corrected chi connectivity index (χ2v) is 7.31. The van der Waals surface area contributed by atoms with Gasteiger partial charge < -0.3 is 0 Å². The van der Waals surface area contributed by atoms with Gasteiger partial charge in [-0.3, -0.25) is 14.7 Å². The lowest BCUT2D eigenvalue weighted by molar-refractivity contribution is -0.113. The summed E-state index contributed by atoms with van der Waals surface area (Å²) >= 11 is 18.5. The lowest BCUT2D eigenvalue weighted by atomic mass is 10.2. The van der Waals surface area contributed by atoms with Crippen molar-refractivity contribution in [3.8, 4) is 0 Å². The van der Waals surface area contributed by atoms with E-state index in [1.54, 1.807) is 24.3 Å². The molecule has 2 heterocycles. The zero-order valence-electron chi connectivity index (χ0n) is 11.9. The quantitative estimate of drug-likeness (QED) is 0.535. The summed E-state index contributed by atoms with van der Waals surface area (Å²) < 4.78 is 0.451. The van der Waals surface area contributed by atoms with Crippen LogP contribution in [-0.2, 0) is 4.79 Å². The molecule has 1 fully saturated rings. The Hall–Kier alpha value is -1.40. The molecular weight excluding hydrogens is 371 g/mol. The Morgan fingerprint density at radius 1 is 1.22 bits per heavy atom. The molecule has 1 aromatic heterocycles. The van der Waals surface area contributed by atoms with Crippen LogP contribution in [0.15, 0.2) is 41.3 Å². The number of amides is 1. The van der Waals surface area contributed by atoms with Crippen LogP contribution in [0.1, 0.15) is 11.4 Å². The summed E-state index contributed by atoms with van der Waals surface area (Å²) in [5, 5.41) is 0.808. The highest BCUT2D eigenvalue weighted by molar-refractivity contribution is 8.27. The van der Waals surface area contributed by atoms with Gasteiger partial charge in [-0.05, 0) is 43.3 Å². The largest absolute Gasteiger partial charge is 0.270 e. The van der Waals surface area contributed by atoms with Gasteiger partial charge in [0, 0.05) is 5.69 Å². The first-order valence-corrected chi connectivity index (χ1v) is 8.60. The van der Waals surface area contributed by atoms with Crippen LogP contribution < -0.4 is 4.90 Å². The maximum absolute atomic E-state index is 12.6. The van der Waals surface area contributed by atoms with Crippen LogP contribution in [0, 0.1) is 6.92 Å². The van der Waals surface area contributed by atoms with Gasteiger partial charge in [-0.2, -0.15) is 0 Å². The number of carbonyl (C=O) groups excluding carboxylic acids is 1. The van der Waals surface area contributed by atoms with Gasteiger partial charge in [-0.15, -0.1) is 0 Å². The van der Waals surface area contributed by atoms with E-state index >= 15 is 0 Å². The third-order valence-corrected chi connectivity index (χ3v) is 5.19. The fourth-order valence-corrected chi connectivity index (χ4v) is 3.67. The molecule has 3 nitrogen and oxygen atoms in total. The van der Waals surface area contributed by atoms with Crippen LogP contribution >= 0.6 is 47.2 Å². The summed E-state index contributed by atoms with van der Waals surface area (Å²) in [6, 6.07) is 10.6. The molecule has 1 aromatic carbocycles. The summed E-state index contributed by atoms with van der Waals surface area (Å²) in [7, 11) is 0. The van der Waals surface area contributed by atoms with E-state index in [9.17, 15) is 4.79 Å². The van der Waals surface area contributed by atoms with E-state index in [0.29, 0.717) is 25.0 Å². The molecule has 0 saturated carbocycles. The number of rotatable bonds is 2. The SMILES string of the molecule is Cc1cccc(/C=C2\SC(=S)N(c3ccc(Cl)c(Cl)c3)C2=O)n1. The van der Waals surface area contributed by atoms with E-state index in [1.807, 2.05) is 25.1 Å². The summed E-state index contributed by atoms with van der Waals surface area (Å²) in [6.45, 7) is 1.90. The molecule has 3 rings (SSSR count). The standard InChI is InChI=1S/C16H10Cl2N2OS2/c1-9-3-2-4-10(19-9)7-14-15(21)20(16(22)23-14)11-5-6-12(17)13(18)8-11/h2-8H,1H3/b14-7-. The van der Waals surface area contributed by atoms with Gasteiger partial charge in [0.15, 0.2) is 4.32 Å². The van der Waals surface area contributed by atoms with Crippen LogP contribution in [0.5, 0.6) is 0 Å². The highest BCUT2D eigenvalue weighted by Crippen LogP contribution is 2.37. The van der Waals surface area contributed by atoms with Crippen LogP contribution in [-0.4, -0.2) is 15.2 Å². The predicted molar refractivity (Wildman–Crippen MR) is 101 cm³/mol. The minimum absolute atomic E-state index is 0.193. The molecular formula is C16H10Cl2N2OS2. The average Bonchev–Trinajstić information content (AvgIpc) is 2.77. The molecule has 0 bridgehead atoms. The second-order valence-electron chi connectivity index (χ2n) is 4.82. The first-order chi connectivity index (χ1) is 11.0. The summed E-state index contributed by atoms with van der Waals surface area (Å²) in [4.78, 5) is 19.0. The molecule has 1 aliphatic rings. The van der Waals surface area contributed by atoms with Crippen molar-refractivity contribution in [1.29, 1.82) is 0 Å². The van der Waals surface area contributed by atoms with Crippen molar-refractivity contribution >= 4 is 69.2 Å². The van der Waals surface area contributed by atoms with E-state index in [-0.39, 0.29) is 5.91 Å². The van der Waals surface area contributed by atoms with Crippen molar-refractivity contribution in [2.75, 3.05) is 4.90 Å². The Labute approximate surface area is 153 Å². The molecule has 0 radical (unpaired) electrons. The van der Waals surface area contributed by atoms with Gasteiger partial charge in [0.2, 0.25) is 0 Å². The van der Waals surface area contributed by atoms with Crippen molar-refractivity contribution in [3.05, 3.63) is 62.7 Å². The normalized spacial score (nSPS) is 16.5. The molecule has 0 atom stereocenters. The van der Waals surface area contributed by atoms with E-state index in [0.717, 1.165) is 11.4 Å². The molecule has 1 saturated heterocycles. The Morgan fingerprint density at radius 3 is 2.70 bits per heavy atom. The average molecular weight is 381 g/mol. The molecule has 2 aromatic rings. The van der Waals surface area contributed by atoms with Gasteiger partial charge >= 0.3 is 0 Å². The number of carbonyl (C=O) groups is 1. The Balaban J connectivity index is 1.95. The minimum atomic E-state index is -0.193. The van der Waals surface area contributed by atoms with E-state index in [1.165, 1.54) is 16.7 Å². The number of anilines is 1. The monoisotopic (exact) mass is 380 g/mol. The predicted octanol–water partition coefficient (Wildman–Crippen LogP) is 5.10. The van der Waals surface area contributed by atoms with Crippen LogP contribution in [0.2, 0.25) is 10.0 Å². The number of aromatic nitrogens is 1. The first-order valence-electron chi connectivity index (χ1n) is 6.62. The third kappa shape index (κ3) is 3.43. The van der Waals surface area contributed by atoms with Crippen LogP contribution in [0.3, 0.4) is 0 Å². The van der Waals surface area contributed by atoms with Crippen molar-refractivity contribution in [1.82, 2.24) is 4.98 Å². The molecule has 7 heteroatoms. The highest BCUT2D eigenvalue weighted by atomic mass is 35.5. The van der Waals surface area contributed by atoms with E-state index in [4.69, 9.17) is 35.4 Å². The zero-order chi connectivity index (χ0) is 16.6. The maximum atomic E-state index is 12.6. The summed E-state index contributed by atoms with van der Waals surface area (Å²) in [5.74, 6) is -0.193. The maximum Gasteiger partial charge on any atom is 0.270 e. The molecule has 0 unspecified atom stereocenters.